The summed E-state index contributed by atoms with van der Waals surface area (Å²) in [7, 11) is 0. The Morgan fingerprint density at radius 2 is 1.90 bits per heavy atom. The molecule has 0 aromatic carbocycles. The van der Waals surface area contributed by atoms with E-state index >= 15 is 0 Å². The van der Waals surface area contributed by atoms with Gasteiger partial charge in [0.15, 0.2) is 0 Å². The molecule has 5 heteroatoms. The van der Waals surface area contributed by atoms with Gasteiger partial charge in [0.1, 0.15) is 0 Å². The van der Waals surface area contributed by atoms with Crippen molar-refractivity contribution in [1.29, 1.82) is 0 Å². The molecule has 0 aliphatic rings. The van der Waals surface area contributed by atoms with E-state index in [1.54, 1.807) is 0 Å². The molecule has 5 nitrogen and oxygen atoms in total. The number of carbonyl (C=O) groups is 2. The summed E-state index contributed by atoms with van der Waals surface area (Å²) < 4.78 is 0. The van der Waals surface area contributed by atoms with Crippen LogP contribution >= 0.6 is 0 Å². The molecule has 0 aliphatic heterocycles. The fourth-order valence-electron chi connectivity index (χ4n) is 0.506. The highest BCUT2D eigenvalue weighted by Gasteiger charge is 2.11. The maximum absolute atomic E-state index is 10.1. The molecule has 0 unspecified atom stereocenters. The minimum Gasteiger partial charge on any atom is -0.481 e. The largest absolute Gasteiger partial charge is 0.481 e. The SMILES string of the molecule is NC(=O)C[C@@H](O)CC(=O)O. The standard InChI is InChI=1S/C5H9NO4/c6-4(8)1-3(7)2-5(9)10/h3,7H,1-2H2,(H2,6,8)(H,9,10)/t3-/m1/s1. The number of aliphatic hydroxyl groups is 1. The molecular formula is C5H9NO4. The van der Waals surface area contributed by atoms with E-state index in [2.05, 4.69) is 5.73 Å². The zero-order valence-electron chi connectivity index (χ0n) is 5.28. The van der Waals surface area contributed by atoms with Crippen LogP contribution in [0.1, 0.15) is 12.8 Å². The molecule has 1 amide bonds. The number of hydrogen-bond donors (Lipinski definition) is 3. The second-order valence-corrected chi connectivity index (χ2v) is 1.92. The van der Waals surface area contributed by atoms with Crippen LogP contribution < -0.4 is 5.73 Å². The van der Waals surface area contributed by atoms with Gasteiger partial charge in [-0.1, -0.05) is 0 Å². The van der Waals surface area contributed by atoms with E-state index < -0.39 is 24.4 Å². The second-order valence-electron chi connectivity index (χ2n) is 1.92. The number of carbonyl (C=O) groups excluding carboxylic acids is 1. The van der Waals surface area contributed by atoms with Gasteiger partial charge in [0.25, 0.3) is 0 Å². The van der Waals surface area contributed by atoms with E-state index in [0.717, 1.165) is 0 Å². The number of aliphatic hydroxyl groups excluding tert-OH is 1. The van der Waals surface area contributed by atoms with Gasteiger partial charge in [0.2, 0.25) is 5.91 Å². The van der Waals surface area contributed by atoms with Gasteiger partial charge in [0, 0.05) is 0 Å². The number of rotatable bonds is 4. The predicted octanol–water partition coefficient (Wildman–Crippen LogP) is -1.30. The van der Waals surface area contributed by atoms with Gasteiger partial charge < -0.3 is 15.9 Å². The second kappa shape index (κ2) is 3.84. The Labute approximate surface area is 57.5 Å². The summed E-state index contributed by atoms with van der Waals surface area (Å²) in [5.74, 6) is -1.84. The summed E-state index contributed by atoms with van der Waals surface area (Å²) in [4.78, 5) is 19.9. The smallest absolute Gasteiger partial charge is 0.305 e. The monoisotopic (exact) mass is 147 g/mol. The number of hydrogen-bond acceptors (Lipinski definition) is 3. The first-order valence-corrected chi connectivity index (χ1v) is 2.70. The van der Waals surface area contributed by atoms with Crippen molar-refractivity contribution in [3.8, 4) is 0 Å². The van der Waals surface area contributed by atoms with Gasteiger partial charge in [0.05, 0.1) is 18.9 Å². The molecule has 0 bridgehead atoms. The highest BCUT2D eigenvalue weighted by Crippen LogP contribution is 1.95. The minimum atomic E-state index is -1.16. The summed E-state index contributed by atoms with van der Waals surface area (Å²) in [6, 6.07) is 0. The van der Waals surface area contributed by atoms with E-state index in [1.165, 1.54) is 0 Å². The Morgan fingerprint density at radius 1 is 1.40 bits per heavy atom. The molecule has 0 aliphatic carbocycles. The zero-order chi connectivity index (χ0) is 8.15. The molecular weight excluding hydrogens is 138 g/mol. The summed E-state index contributed by atoms with van der Waals surface area (Å²) in [6.07, 6.45) is -1.90. The Bertz CT molecular complexity index is 129. The van der Waals surface area contributed by atoms with Gasteiger partial charge in [-0.25, -0.2) is 0 Å². The van der Waals surface area contributed by atoms with Crippen molar-refractivity contribution in [3.63, 3.8) is 0 Å². The lowest BCUT2D eigenvalue weighted by Crippen LogP contribution is -2.22. The molecule has 0 spiro atoms. The molecule has 0 fully saturated rings. The minimum absolute atomic E-state index is 0.299. The number of primary amides is 1. The highest BCUT2D eigenvalue weighted by molar-refractivity contribution is 5.75. The Balaban J connectivity index is 3.53. The van der Waals surface area contributed by atoms with Crippen molar-refractivity contribution in [3.05, 3.63) is 0 Å². The third-order valence-corrected chi connectivity index (χ3v) is 0.847. The Morgan fingerprint density at radius 3 is 2.20 bits per heavy atom. The molecule has 0 aromatic heterocycles. The molecule has 0 radical (unpaired) electrons. The summed E-state index contributed by atoms with van der Waals surface area (Å²) >= 11 is 0. The van der Waals surface area contributed by atoms with Crippen molar-refractivity contribution in [2.24, 2.45) is 5.73 Å². The van der Waals surface area contributed by atoms with E-state index in [1.807, 2.05) is 0 Å². The van der Waals surface area contributed by atoms with Crippen LogP contribution in [0.25, 0.3) is 0 Å². The maximum atomic E-state index is 10.1. The molecule has 0 saturated heterocycles. The number of aliphatic carboxylic acids is 1. The third kappa shape index (κ3) is 5.04. The molecule has 0 aromatic rings. The van der Waals surface area contributed by atoms with E-state index in [9.17, 15) is 9.59 Å². The lowest BCUT2D eigenvalue weighted by molar-refractivity contribution is -0.139. The first-order chi connectivity index (χ1) is 4.52. The molecule has 0 heterocycles. The number of carboxylic acids is 1. The van der Waals surface area contributed by atoms with Crippen molar-refractivity contribution in [2.75, 3.05) is 0 Å². The fourth-order valence-corrected chi connectivity index (χ4v) is 0.506. The molecule has 1 atom stereocenters. The maximum Gasteiger partial charge on any atom is 0.305 e. The van der Waals surface area contributed by atoms with Crippen LogP contribution in [0, 0.1) is 0 Å². The number of amides is 1. The first-order valence-electron chi connectivity index (χ1n) is 2.70. The van der Waals surface area contributed by atoms with Gasteiger partial charge in [-0.05, 0) is 0 Å². The molecule has 10 heavy (non-hydrogen) atoms. The van der Waals surface area contributed by atoms with Gasteiger partial charge in [-0.15, -0.1) is 0 Å². The van der Waals surface area contributed by atoms with E-state index in [0.29, 0.717) is 0 Å². The highest BCUT2D eigenvalue weighted by atomic mass is 16.4. The van der Waals surface area contributed by atoms with Crippen LogP contribution in [-0.2, 0) is 9.59 Å². The number of carboxylic acid groups (broad SMARTS) is 1. The molecule has 0 rings (SSSR count). The number of nitrogens with two attached hydrogens (primary N) is 1. The van der Waals surface area contributed by atoms with Crippen molar-refractivity contribution in [1.82, 2.24) is 0 Å². The summed E-state index contributed by atoms with van der Waals surface area (Å²) in [5.41, 5.74) is 4.68. The van der Waals surface area contributed by atoms with Crippen LogP contribution in [0.5, 0.6) is 0 Å². The molecule has 4 N–H and O–H groups in total. The zero-order valence-corrected chi connectivity index (χ0v) is 5.28. The quantitative estimate of drug-likeness (QED) is 0.460. The average molecular weight is 147 g/mol. The fraction of sp³-hybridized carbons (Fsp3) is 0.600. The van der Waals surface area contributed by atoms with Crippen LogP contribution in [0.3, 0.4) is 0 Å². The lowest BCUT2D eigenvalue weighted by atomic mass is 10.2. The van der Waals surface area contributed by atoms with Crippen LogP contribution in [0.2, 0.25) is 0 Å². The summed E-state index contributed by atoms with van der Waals surface area (Å²) in [6.45, 7) is 0. The predicted molar refractivity (Wildman–Crippen MR) is 32.1 cm³/mol. The molecule has 58 valence electrons. The normalized spacial score (nSPS) is 12.5. The van der Waals surface area contributed by atoms with Gasteiger partial charge >= 0.3 is 5.97 Å². The Hall–Kier alpha value is -1.10. The van der Waals surface area contributed by atoms with E-state index in [4.69, 9.17) is 10.2 Å². The van der Waals surface area contributed by atoms with Crippen LogP contribution in [0.4, 0.5) is 0 Å². The van der Waals surface area contributed by atoms with Crippen molar-refractivity contribution < 1.29 is 19.8 Å². The van der Waals surface area contributed by atoms with Crippen molar-refractivity contribution in [2.45, 2.75) is 18.9 Å². The topological polar surface area (TPSA) is 101 Å². The van der Waals surface area contributed by atoms with Gasteiger partial charge in [-0.2, -0.15) is 0 Å². The molecule has 0 saturated carbocycles. The first kappa shape index (κ1) is 8.90. The summed E-state index contributed by atoms with van der Waals surface area (Å²) in [5, 5.41) is 16.8. The third-order valence-electron chi connectivity index (χ3n) is 0.847. The Kier molecular flexibility index (Phi) is 3.42. The van der Waals surface area contributed by atoms with Crippen LogP contribution in [-0.4, -0.2) is 28.2 Å². The lowest BCUT2D eigenvalue weighted by Gasteiger charge is -2.02. The van der Waals surface area contributed by atoms with Crippen LogP contribution in [0.15, 0.2) is 0 Å². The van der Waals surface area contributed by atoms with Gasteiger partial charge in [-0.3, -0.25) is 9.59 Å². The average Bonchev–Trinajstić information content (AvgIpc) is 1.58. The van der Waals surface area contributed by atoms with Crippen molar-refractivity contribution >= 4 is 11.9 Å². The van der Waals surface area contributed by atoms with E-state index in [-0.39, 0.29) is 6.42 Å².